The number of nitrogens with one attached hydrogen (secondary N) is 1. The van der Waals surface area contributed by atoms with Gasteiger partial charge in [-0.15, -0.1) is 0 Å². The highest BCUT2D eigenvalue weighted by Gasteiger charge is 2.34. The van der Waals surface area contributed by atoms with Gasteiger partial charge in [0.15, 0.2) is 0 Å². The lowest BCUT2D eigenvalue weighted by Crippen LogP contribution is -2.50. The molecule has 3 nitrogen and oxygen atoms in total. The molecular formula is C21H33N3. The Labute approximate surface area is 147 Å². The van der Waals surface area contributed by atoms with Gasteiger partial charge in [0.1, 0.15) is 0 Å². The van der Waals surface area contributed by atoms with Gasteiger partial charge in [-0.3, -0.25) is 4.90 Å². The minimum atomic E-state index is 0.619. The quantitative estimate of drug-likeness (QED) is 0.884. The van der Waals surface area contributed by atoms with Crippen LogP contribution in [0, 0.1) is 0 Å². The summed E-state index contributed by atoms with van der Waals surface area (Å²) in [6, 6.07) is 8.73. The summed E-state index contributed by atoms with van der Waals surface area (Å²) in [4.78, 5) is 5.33. The first-order chi connectivity index (χ1) is 11.8. The van der Waals surface area contributed by atoms with Crippen molar-refractivity contribution in [2.75, 3.05) is 37.6 Å². The highest BCUT2D eigenvalue weighted by Crippen LogP contribution is 2.45. The molecule has 24 heavy (non-hydrogen) atoms. The average Bonchev–Trinajstić information content (AvgIpc) is 2.89. The van der Waals surface area contributed by atoms with Crippen molar-refractivity contribution in [2.45, 2.75) is 64.0 Å². The van der Waals surface area contributed by atoms with Gasteiger partial charge in [0.05, 0.1) is 0 Å². The van der Waals surface area contributed by atoms with Crippen LogP contribution in [0.25, 0.3) is 0 Å². The van der Waals surface area contributed by atoms with Crippen molar-refractivity contribution in [3.63, 3.8) is 0 Å². The van der Waals surface area contributed by atoms with Gasteiger partial charge in [0, 0.05) is 44.0 Å². The van der Waals surface area contributed by atoms with Crippen LogP contribution in [0.5, 0.6) is 0 Å². The molecule has 132 valence electrons. The van der Waals surface area contributed by atoms with Gasteiger partial charge in [-0.25, -0.2) is 0 Å². The van der Waals surface area contributed by atoms with E-state index in [4.69, 9.17) is 0 Å². The Morgan fingerprint density at radius 2 is 1.96 bits per heavy atom. The molecule has 2 saturated heterocycles. The van der Waals surface area contributed by atoms with Gasteiger partial charge in [-0.1, -0.05) is 26.3 Å². The SMILES string of the molecule is CCCC(CC)N1CCN(c2ccc3c(c2)C2CC3CCN2)CC1. The molecule has 1 aromatic rings. The summed E-state index contributed by atoms with van der Waals surface area (Å²) in [6.45, 7) is 10.7. The molecule has 2 fully saturated rings. The maximum atomic E-state index is 3.71. The van der Waals surface area contributed by atoms with Gasteiger partial charge < -0.3 is 10.2 Å². The number of rotatable bonds is 5. The van der Waals surface area contributed by atoms with E-state index in [9.17, 15) is 0 Å². The monoisotopic (exact) mass is 327 g/mol. The first-order valence-corrected chi connectivity index (χ1v) is 10.2. The Balaban J connectivity index is 1.43. The summed E-state index contributed by atoms with van der Waals surface area (Å²) in [5, 5.41) is 3.71. The predicted octanol–water partition coefficient (Wildman–Crippen LogP) is 3.91. The molecule has 4 rings (SSSR count). The minimum absolute atomic E-state index is 0.619. The number of anilines is 1. The third-order valence-electron chi connectivity index (χ3n) is 6.58. The van der Waals surface area contributed by atoms with E-state index in [1.54, 1.807) is 11.1 Å². The second-order valence-corrected chi connectivity index (χ2v) is 7.91. The van der Waals surface area contributed by atoms with Gasteiger partial charge in [0.2, 0.25) is 0 Å². The molecule has 3 unspecified atom stereocenters. The second-order valence-electron chi connectivity index (χ2n) is 7.91. The van der Waals surface area contributed by atoms with E-state index in [0.29, 0.717) is 6.04 Å². The molecule has 0 spiro atoms. The van der Waals surface area contributed by atoms with Crippen molar-refractivity contribution in [2.24, 2.45) is 0 Å². The predicted molar refractivity (Wildman–Crippen MR) is 102 cm³/mol. The summed E-state index contributed by atoms with van der Waals surface area (Å²) in [5.74, 6) is 0.816. The first-order valence-electron chi connectivity index (χ1n) is 10.2. The van der Waals surface area contributed by atoms with Crippen LogP contribution in [-0.4, -0.2) is 43.7 Å². The van der Waals surface area contributed by atoms with E-state index in [1.807, 2.05) is 0 Å². The molecule has 2 aliphatic heterocycles. The molecule has 3 aliphatic rings. The van der Waals surface area contributed by atoms with Gasteiger partial charge >= 0.3 is 0 Å². The molecule has 1 N–H and O–H groups in total. The van der Waals surface area contributed by atoms with Crippen LogP contribution < -0.4 is 10.2 Å². The van der Waals surface area contributed by atoms with Gasteiger partial charge in [-0.05, 0) is 61.4 Å². The fourth-order valence-corrected chi connectivity index (χ4v) is 5.19. The van der Waals surface area contributed by atoms with Crippen molar-refractivity contribution < 1.29 is 0 Å². The molecule has 3 heteroatoms. The number of hydrogen-bond acceptors (Lipinski definition) is 3. The zero-order chi connectivity index (χ0) is 16.5. The molecule has 0 saturated carbocycles. The summed E-state index contributed by atoms with van der Waals surface area (Å²) < 4.78 is 0. The van der Waals surface area contributed by atoms with Gasteiger partial charge in [-0.2, -0.15) is 0 Å². The normalized spacial score (nSPS) is 28.0. The maximum absolute atomic E-state index is 3.71. The summed E-state index contributed by atoms with van der Waals surface area (Å²) in [7, 11) is 0. The zero-order valence-electron chi connectivity index (χ0n) is 15.4. The van der Waals surface area contributed by atoms with E-state index in [2.05, 4.69) is 47.2 Å². The molecule has 3 atom stereocenters. The zero-order valence-corrected chi connectivity index (χ0v) is 15.4. The highest BCUT2D eigenvalue weighted by molar-refractivity contribution is 5.55. The van der Waals surface area contributed by atoms with E-state index in [0.717, 1.165) is 12.0 Å². The van der Waals surface area contributed by atoms with Crippen LogP contribution in [-0.2, 0) is 0 Å². The Hall–Kier alpha value is -1.06. The number of fused-ring (bicyclic) bond motifs is 5. The van der Waals surface area contributed by atoms with Crippen LogP contribution in [0.15, 0.2) is 18.2 Å². The fraction of sp³-hybridized carbons (Fsp3) is 0.714. The van der Waals surface area contributed by atoms with Crippen molar-refractivity contribution >= 4 is 5.69 Å². The molecule has 2 bridgehead atoms. The Bertz CT molecular complexity index is 562. The summed E-state index contributed by atoms with van der Waals surface area (Å²) in [5.41, 5.74) is 4.67. The summed E-state index contributed by atoms with van der Waals surface area (Å²) in [6.07, 6.45) is 6.59. The molecular weight excluding hydrogens is 294 g/mol. The van der Waals surface area contributed by atoms with Crippen molar-refractivity contribution in [3.8, 4) is 0 Å². The first kappa shape index (κ1) is 16.4. The van der Waals surface area contributed by atoms with Crippen molar-refractivity contribution in [1.29, 1.82) is 0 Å². The van der Waals surface area contributed by atoms with Crippen LogP contribution in [0.1, 0.15) is 69.0 Å². The maximum Gasteiger partial charge on any atom is 0.0370 e. The minimum Gasteiger partial charge on any atom is -0.369 e. The number of nitrogens with zero attached hydrogens (tertiary/aromatic N) is 2. The lowest BCUT2D eigenvalue weighted by Gasteiger charge is -2.40. The smallest absolute Gasteiger partial charge is 0.0370 e. The molecule has 1 aliphatic carbocycles. The van der Waals surface area contributed by atoms with Gasteiger partial charge in [0.25, 0.3) is 0 Å². The van der Waals surface area contributed by atoms with Crippen LogP contribution in [0.3, 0.4) is 0 Å². The summed E-state index contributed by atoms with van der Waals surface area (Å²) >= 11 is 0. The number of hydrogen-bond donors (Lipinski definition) is 1. The standard InChI is InChI=1S/C21H33N3/c1-3-5-17(4-2)23-10-12-24(13-11-23)18-6-7-19-16-8-9-22-21(14-16)20(19)15-18/h6-7,15-17,21-22H,3-5,8-14H2,1-2H3. The topological polar surface area (TPSA) is 18.5 Å². The Morgan fingerprint density at radius 1 is 1.12 bits per heavy atom. The third-order valence-corrected chi connectivity index (χ3v) is 6.58. The van der Waals surface area contributed by atoms with Crippen molar-refractivity contribution in [3.05, 3.63) is 29.3 Å². The number of piperazine rings is 1. The Kier molecular flexibility index (Phi) is 4.82. The van der Waals surface area contributed by atoms with Crippen LogP contribution in [0.2, 0.25) is 0 Å². The largest absolute Gasteiger partial charge is 0.369 e. The average molecular weight is 328 g/mol. The molecule has 1 aromatic carbocycles. The van der Waals surface area contributed by atoms with E-state index in [1.165, 1.54) is 70.5 Å². The van der Waals surface area contributed by atoms with E-state index in [-0.39, 0.29) is 0 Å². The number of benzene rings is 1. The van der Waals surface area contributed by atoms with Crippen LogP contribution in [0.4, 0.5) is 5.69 Å². The molecule has 0 aromatic heterocycles. The Morgan fingerprint density at radius 3 is 2.71 bits per heavy atom. The second kappa shape index (κ2) is 7.05. The number of piperidine rings is 1. The third kappa shape index (κ3) is 2.97. The molecule has 2 heterocycles. The highest BCUT2D eigenvalue weighted by atomic mass is 15.3. The lowest BCUT2D eigenvalue weighted by atomic mass is 9.96. The lowest BCUT2D eigenvalue weighted by molar-refractivity contribution is 0.170. The van der Waals surface area contributed by atoms with E-state index < -0.39 is 0 Å². The van der Waals surface area contributed by atoms with E-state index >= 15 is 0 Å². The van der Waals surface area contributed by atoms with Crippen LogP contribution >= 0.6 is 0 Å². The molecule has 0 radical (unpaired) electrons. The fourth-order valence-electron chi connectivity index (χ4n) is 5.19. The molecule has 0 amide bonds. The van der Waals surface area contributed by atoms with Crippen molar-refractivity contribution in [1.82, 2.24) is 10.2 Å².